The molecule has 2 N–H and O–H groups in total. The van der Waals surface area contributed by atoms with Gasteiger partial charge in [0.25, 0.3) is 11.8 Å². The molecule has 0 unspecified atom stereocenters. The minimum absolute atomic E-state index is 0.344. The van der Waals surface area contributed by atoms with Crippen molar-refractivity contribution in [1.29, 1.82) is 10.5 Å². The van der Waals surface area contributed by atoms with Crippen LogP contribution in [0.25, 0.3) is 0 Å². The van der Waals surface area contributed by atoms with Crippen molar-refractivity contribution in [2.24, 2.45) is 10.2 Å². The van der Waals surface area contributed by atoms with Crippen molar-refractivity contribution in [2.75, 3.05) is 0 Å². The SMILES string of the molecule is C/C(=N/NC(=O)[C@H](C)S[C@@H](C)C(=O)N/N=C(\C)c1cccc(C#N)c1)c1cccc(C#N)c1. The van der Waals surface area contributed by atoms with Crippen molar-refractivity contribution >= 4 is 35.0 Å². The van der Waals surface area contributed by atoms with E-state index in [-0.39, 0.29) is 11.8 Å². The Morgan fingerprint density at radius 1 is 0.818 bits per heavy atom. The summed E-state index contributed by atoms with van der Waals surface area (Å²) in [7, 11) is 0. The molecule has 8 nitrogen and oxygen atoms in total. The van der Waals surface area contributed by atoms with Gasteiger partial charge in [-0.2, -0.15) is 20.7 Å². The molecule has 0 aliphatic heterocycles. The first-order chi connectivity index (χ1) is 15.7. The Labute approximate surface area is 197 Å². The monoisotopic (exact) mass is 460 g/mol. The third-order valence-corrected chi connectivity index (χ3v) is 5.88. The highest BCUT2D eigenvalue weighted by Crippen LogP contribution is 2.18. The Morgan fingerprint density at radius 3 is 1.58 bits per heavy atom. The van der Waals surface area contributed by atoms with Crippen LogP contribution in [0.5, 0.6) is 0 Å². The number of amides is 2. The number of thioether (sulfide) groups is 1. The molecule has 0 fully saturated rings. The summed E-state index contributed by atoms with van der Waals surface area (Å²) in [6, 6.07) is 18.0. The minimum atomic E-state index is -0.537. The van der Waals surface area contributed by atoms with E-state index in [1.165, 1.54) is 11.8 Å². The van der Waals surface area contributed by atoms with Gasteiger partial charge in [-0.3, -0.25) is 9.59 Å². The van der Waals surface area contributed by atoms with Crippen LogP contribution in [-0.4, -0.2) is 33.7 Å². The number of nitriles is 2. The number of benzene rings is 2. The van der Waals surface area contributed by atoms with Gasteiger partial charge in [-0.1, -0.05) is 24.3 Å². The zero-order valence-electron chi connectivity index (χ0n) is 18.8. The van der Waals surface area contributed by atoms with E-state index < -0.39 is 10.5 Å². The minimum Gasteiger partial charge on any atom is -0.272 e. The van der Waals surface area contributed by atoms with E-state index in [9.17, 15) is 9.59 Å². The summed E-state index contributed by atoms with van der Waals surface area (Å²) in [4.78, 5) is 24.8. The molecule has 2 amide bonds. The van der Waals surface area contributed by atoms with E-state index in [2.05, 4.69) is 33.2 Å². The van der Waals surface area contributed by atoms with Crippen LogP contribution in [0.15, 0.2) is 58.7 Å². The number of nitrogens with zero attached hydrogens (tertiary/aromatic N) is 4. The van der Waals surface area contributed by atoms with Crippen molar-refractivity contribution in [3.63, 3.8) is 0 Å². The molecule has 0 bridgehead atoms. The summed E-state index contributed by atoms with van der Waals surface area (Å²) in [6.07, 6.45) is 0. The van der Waals surface area contributed by atoms with Gasteiger partial charge in [0.05, 0.1) is 45.2 Å². The number of hydrazone groups is 2. The van der Waals surface area contributed by atoms with E-state index in [4.69, 9.17) is 10.5 Å². The molecule has 168 valence electrons. The van der Waals surface area contributed by atoms with Gasteiger partial charge in [-0.25, -0.2) is 10.9 Å². The van der Waals surface area contributed by atoms with Gasteiger partial charge in [0, 0.05) is 0 Å². The number of nitrogens with one attached hydrogen (secondary N) is 2. The standard InChI is InChI=1S/C24H24N6O2S/c1-15(21-9-5-7-19(11-21)13-25)27-29-23(31)17(3)33-18(4)24(32)30-28-16(2)22-10-6-8-20(12-22)14-26/h5-12,17-18H,1-4H3,(H,29,31)(H,30,32)/b27-15-,28-16+/t17-,18-/m0/s1. The Bertz CT molecular complexity index is 1080. The van der Waals surface area contributed by atoms with Gasteiger partial charge < -0.3 is 0 Å². The second-order valence-electron chi connectivity index (χ2n) is 7.15. The normalized spacial score (nSPS) is 13.3. The Hall–Kier alpha value is -3.95. The first-order valence-electron chi connectivity index (χ1n) is 10.1. The molecule has 0 aliphatic carbocycles. The molecule has 2 rings (SSSR count). The Kier molecular flexibility index (Phi) is 9.34. The van der Waals surface area contributed by atoms with Crippen molar-refractivity contribution in [3.8, 4) is 12.1 Å². The molecule has 0 saturated heterocycles. The van der Waals surface area contributed by atoms with Gasteiger partial charge in [0.15, 0.2) is 0 Å². The van der Waals surface area contributed by atoms with E-state index in [0.29, 0.717) is 22.6 Å². The van der Waals surface area contributed by atoms with Crippen LogP contribution in [0, 0.1) is 22.7 Å². The number of carbonyl (C=O) groups excluding carboxylic acids is 2. The van der Waals surface area contributed by atoms with Crippen LogP contribution in [0.1, 0.15) is 49.9 Å². The molecule has 2 aromatic carbocycles. The highest BCUT2D eigenvalue weighted by Gasteiger charge is 2.21. The number of rotatable bonds is 8. The first kappa shape index (κ1) is 25.3. The smallest absolute Gasteiger partial charge is 0.252 e. The maximum atomic E-state index is 12.4. The summed E-state index contributed by atoms with van der Waals surface area (Å²) >= 11 is 1.17. The van der Waals surface area contributed by atoms with Gasteiger partial charge in [-0.15, -0.1) is 11.8 Å². The summed E-state index contributed by atoms with van der Waals surface area (Å²) in [6.45, 7) is 6.84. The second kappa shape index (κ2) is 12.2. The predicted octanol–water partition coefficient (Wildman–Crippen LogP) is 3.32. The second-order valence-corrected chi connectivity index (χ2v) is 8.84. The average molecular weight is 461 g/mol. The number of hydrogen-bond donors (Lipinski definition) is 2. The highest BCUT2D eigenvalue weighted by atomic mass is 32.2. The molecule has 2 atom stereocenters. The topological polar surface area (TPSA) is 130 Å². The van der Waals surface area contributed by atoms with E-state index in [1.807, 2.05) is 0 Å². The molecular formula is C24H24N6O2S. The third-order valence-electron chi connectivity index (χ3n) is 4.63. The van der Waals surface area contributed by atoms with Crippen LogP contribution in [0.2, 0.25) is 0 Å². The molecule has 0 heterocycles. The van der Waals surface area contributed by atoms with Crippen molar-refractivity contribution in [1.82, 2.24) is 10.9 Å². The number of carbonyl (C=O) groups is 2. The lowest BCUT2D eigenvalue weighted by atomic mass is 10.1. The van der Waals surface area contributed by atoms with Crippen LogP contribution in [0.3, 0.4) is 0 Å². The van der Waals surface area contributed by atoms with Crippen LogP contribution in [-0.2, 0) is 9.59 Å². The molecule has 0 saturated carbocycles. The Balaban J connectivity index is 1.91. The molecule has 0 spiro atoms. The zero-order valence-corrected chi connectivity index (χ0v) is 19.6. The summed E-state index contributed by atoms with van der Waals surface area (Å²) < 4.78 is 0. The fourth-order valence-corrected chi connectivity index (χ4v) is 3.61. The molecule has 0 radical (unpaired) electrons. The van der Waals surface area contributed by atoms with E-state index in [0.717, 1.165) is 11.1 Å². The predicted molar refractivity (Wildman–Crippen MR) is 130 cm³/mol. The van der Waals surface area contributed by atoms with E-state index >= 15 is 0 Å². The fraction of sp³-hybridized carbons (Fsp3) is 0.250. The lowest BCUT2D eigenvalue weighted by Crippen LogP contribution is -2.33. The molecule has 33 heavy (non-hydrogen) atoms. The summed E-state index contributed by atoms with van der Waals surface area (Å²) in [5, 5.41) is 25.1. The quantitative estimate of drug-likeness (QED) is 0.461. The van der Waals surface area contributed by atoms with Crippen molar-refractivity contribution in [2.45, 2.75) is 38.2 Å². The molecular weight excluding hydrogens is 436 g/mol. The highest BCUT2D eigenvalue weighted by molar-refractivity contribution is 8.01. The molecule has 0 aliphatic rings. The lowest BCUT2D eigenvalue weighted by Gasteiger charge is -2.15. The molecule has 0 aromatic heterocycles. The average Bonchev–Trinajstić information content (AvgIpc) is 2.85. The van der Waals surface area contributed by atoms with Gasteiger partial charge in [-0.05, 0) is 63.1 Å². The molecule has 9 heteroatoms. The summed E-state index contributed by atoms with van der Waals surface area (Å²) in [5.41, 5.74) is 8.62. The lowest BCUT2D eigenvalue weighted by molar-refractivity contribution is -0.120. The van der Waals surface area contributed by atoms with Crippen LogP contribution < -0.4 is 10.9 Å². The van der Waals surface area contributed by atoms with Crippen molar-refractivity contribution < 1.29 is 9.59 Å². The third kappa shape index (κ3) is 7.60. The maximum Gasteiger partial charge on any atom is 0.252 e. The van der Waals surface area contributed by atoms with E-state index in [1.54, 1.807) is 76.2 Å². The van der Waals surface area contributed by atoms with Crippen LogP contribution >= 0.6 is 11.8 Å². The number of hydrogen-bond acceptors (Lipinski definition) is 7. The largest absolute Gasteiger partial charge is 0.272 e. The Morgan fingerprint density at radius 2 is 1.21 bits per heavy atom. The van der Waals surface area contributed by atoms with Crippen LogP contribution in [0.4, 0.5) is 0 Å². The van der Waals surface area contributed by atoms with Gasteiger partial charge >= 0.3 is 0 Å². The first-order valence-corrected chi connectivity index (χ1v) is 11.0. The van der Waals surface area contributed by atoms with Crippen molar-refractivity contribution in [3.05, 3.63) is 70.8 Å². The molecule has 2 aromatic rings. The maximum absolute atomic E-state index is 12.4. The zero-order chi connectivity index (χ0) is 24.4. The summed E-state index contributed by atoms with van der Waals surface area (Å²) in [5.74, 6) is -0.688. The van der Waals surface area contributed by atoms with Gasteiger partial charge in [0.2, 0.25) is 0 Å². The van der Waals surface area contributed by atoms with Gasteiger partial charge in [0.1, 0.15) is 0 Å². The fourth-order valence-electron chi connectivity index (χ4n) is 2.65.